The molecule has 2 nitrogen and oxygen atoms in total. The summed E-state index contributed by atoms with van der Waals surface area (Å²) in [5, 5.41) is 8.62. The summed E-state index contributed by atoms with van der Waals surface area (Å²) in [5.41, 5.74) is 0.0270. The molecule has 0 aromatic heterocycles. The van der Waals surface area contributed by atoms with E-state index in [2.05, 4.69) is 15.9 Å². The third kappa shape index (κ3) is 2.83. The first kappa shape index (κ1) is 12.7. The molecule has 0 aliphatic rings. The van der Waals surface area contributed by atoms with E-state index in [1.54, 1.807) is 6.07 Å². The molecule has 0 aliphatic heterocycles. The summed E-state index contributed by atoms with van der Waals surface area (Å²) in [6, 6.07) is 7.05. The number of hydrogen-bond donors (Lipinski definition) is 0. The number of halogens is 4. The first-order valence-corrected chi connectivity index (χ1v) is 4.91. The monoisotopic (exact) mass is 291 g/mol. The molecule has 0 fully saturated rings. The zero-order chi connectivity index (χ0) is 12.3. The van der Waals surface area contributed by atoms with Crippen molar-refractivity contribution in [3.05, 3.63) is 34.3 Å². The molecular formula is C10H5BrF3NO. The van der Waals surface area contributed by atoms with E-state index < -0.39 is 17.9 Å². The van der Waals surface area contributed by atoms with Gasteiger partial charge in [0.25, 0.3) is 5.78 Å². The molecule has 16 heavy (non-hydrogen) atoms. The first-order valence-electron chi connectivity index (χ1n) is 4.12. The van der Waals surface area contributed by atoms with Crippen LogP contribution in [-0.4, -0.2) is 12.0 Å². The molecular weight excluding hydrogens is 287 g/mol. The van der Waals surface area contributed by atoms with Crippen LogP contribution < -0.4 is 0 Å². The second-order valence-corrected chi connectivity index (χ2v) is 3.89. The molecule has 6 heteroatoms. The number of alkyl halides is 3. The number of benzene rings is 1. The Bertz CT molecular complexity index is 450. The van der Waals surface area contributed by atoms with Crippen molar-refractivity contribution in [2.45, 2.75) is 12.1 Å². The molecule has 0 N–H and O–H groups in total. The molecule has 1 atom stereocenters. The zero-order valence-corrected chi connectivity index (χ0v) is 9.34. The van der Waals surface area contributed by atoms with Gasteiger partial charge < -0.3 is 0 Å². The van der Waals surface area contributed by atoms with Crippen molar-refractivity contribution in [3.8, 4) is 6.07 Å². The Labute approximate surface area is 97.8 Å². The summed E-state index contributed by atoms with van der Waals surface area (Å²) >= 11 is 3.06. The van der Waals surface area contributed by atoms with Crippen LogP contribution in [0.5, 0.6) is 0 Å². The second kappa shape index (κ2) is 4.66. The fourth-order valence-electron chi connectivity index (χ4n) is 1.13. The Morgan fingerprint density at radius 1 is 1.44 bits per heavy atom. The van der Waals surface area contributed by atoms with E-state index in [-0.39, 0.29) is 5.56 Å². The quantitative estimate of drug-likeness (QED) is 0.840. The third-order valence-electron chi connectivity index (χ3n) is 1.85. The van der Waals surface area contributed by atoms with Gasteiger partial charge in [0.15, 0.2) is 0 Å². The summed E-state index contributed by atoms with van der Waals surface area (Å²) in [6.45, 7) is 0. The highest BCUT2D eigenvalue weighted by molar-refractivity contribution is 9.10. The van der Waals surface area contributed by atoms with Crippen LogP contribution in [0.25, 0.3) is 0 Å². The van der Waals surface area contributed by atoms with Gasteiger partial charge in [-0.25, -0.2) is 0 Å². The maximum Gasteiger partial charge on any atom is 0.451 e. The number of carbonyl (C=O) groups is 1. The normalized spacial score (nSPS) is 12.9. The second-order valence-electron chi connectivity index (χ2n) is 2.98. The Balaban J connectivity index is 3.10. The van der Waals surface area contributed by atoms with Crippen molar-refractivity contribution in [2.24, 2.45) is 0 Å². The van der Waals surface area contributed by atoms with Gasteiger partial charge in [0.05, 0.1) is 6.07 Å². The molecule has 0 spiro atoms. The molecule has 0 saturated heterocycles. The van der Waals surface area contributed by atoms with E-state index in [0.29, 0.717) is 4.47 Å². The van der Waals surface area contributed by atoms with Gasteiger partial charge in [0, 0.05) is 4.47 Å². The molecule has 0 saturated carbocycles. The predicted octanol–water partition coefficient (Wildman–Crippen LogP) is 3.19. The summed E-state index contributed by atoms with van der Waals surface area (Å²) in [4.78, 5) is 10.9. The number of ketones is 1. The van der Waals surface area contributed by atoms with E-state index in [1.807, 2.05) is 0 Å². The van der Waals surface area contributed by atoms with Gasteiger partial charge in [-0.1, -0.05) is 28.1 Å². The van der Waals surface area contributed by atoms with E-state index in [1.165, 1.54) is 24.3 Å². The van der Waals surface area contributed by atoms with Gasteiger partial charge in [-0.3, -0.25) is 4.79 Å². The molecule has 1 aromatic rings. The Kier molecular flexibility index (Phi) is 3.70. The lowest BCUT2D eigenvalue weighted by atomic mass is 9.96. The molecule has 84 valence electrons. The Morgan fingerprint density at radius 3 is 2.50 bits per heavy atom. The highest BCUT2D eigenvalue weighted by Gasteiger charge is 2.44. The van der Waals surface area contributed by atoms with Crippen molar-refractivity contribution in [1.29, 1.82) is 5.26 Å². The Hall–Kier alpha value is -1.35. The zero-order valence-electron chi connectivity index (χ0n) is 7.75. The van der Waals surface area contributed by atoms with Crippen LogP contribution in [0.4, 0.5) is 13.2 Å². The van der Waals surface area contributed by atoms with Crippen molar-refractivity contribution in [3.63, 3.8) is 0 Å². The fourth-order valence-corrected chi connectivity index (χ4v) is 1.55. The standard InChI is InChI=1S/C10H5BrF3NO/c11-7-3-1-2-6(4-7)8(5-15)9(16)10(12,13)14/h1-4,8H. The van der Waals surface area contributed by atoms with Crippen LogP contribution in [0.1, 0.15) is 11.5 Å². The maximum absolute atomic E-state index is 12.2. The van der Waals surface area contributed by atoms with E-state index in [9.17, 15) is 18.0 Å². The molecule has 0 heterocycles. The average Bonchev–Trinajstić information content (AvgIpc) is 2.17. The summed E-state index contributed by atoms with van der Waals surface area (Å²) in [7, 11) is 0. The van der Waals surface area contributed by atoms with Crippen molar-refractivity contribution in [1.82, 2.24) is 0 Å². The topological polar surface area (TPSA) is 40.9 Å². The van der Waals surface area contributed by atoms with E-state index in [0.717, 1.165) is 0 Å². The van der Waals surface area contributed by atoms with Crippen molar-refractivity contribution in [2.75, 3.05) is 0 Å². The number of Topliss-reactive ketones (excluding diaryl/α,β-unsaturated/α-hetero) is 1. The number of rotatable bonds is 2. The minimum atomic E-state index is -5.00. The minimum Gasteiger partial charge on any atom is -0.288 e. The van der Waals surface area contributed by atoms with Gasteiger partial charge >= 0.3 is 6.18 Å². The van der Waals surface area contributed by atoms with Crippen LogP contribution in [0.3, 0.4) is 0 Å². The minimum absolute atomic E-state index is 0.0270. The number of nitrogens with zero attached hydrogens (tertiary/aromatic N) is 1. The maximum atomic E-state index is 12.2. The van der Waals surface area contributed by atoms with Crippen LogP contribution in [-0.2, 0) is 4.79 Å². The summed E-state index contributed by atoms with van der Waals surface area (Å²) in [6.07, 6.45) is -5.00. The van der Waals surface area contributed by atoms with Gasteiger partial charge in [0.1, 0.15) is 5.92 Å². The van der Waals surface area contributed by atoms with Crippen LogP contribution >= 0.6 is 15.9 Å². The average molecular weight is 292 g/mol. The van der Waals surface area contributed by atoms with E-state index in [4.69, 9.17) is 5.26 Å². The molecule has 1 unspecified atom stereocenters. The van der Waals surface area contributed by atoms with Gasteiger partial charge in [-0.05, 0) is 17.7 Å². The molecule has 0 radical (unpaired) electrons. The van der Waals surface area contributed by atoms with Gasteiger partial charge in [-0.2, -0.15) is 18.4 Å². The summed E-state index contributed by atoms with van der Waals surface area (Å²) in [5.74, 6) is -3.86. The van der Waals surface area contributed by atoms with Crippen molar-refractivity contribution < 1.29 is 18.0 Å². The van der Waals surface area contributed by atoms with Crippen LogP contribution in [0.15, 0.2) is 28.7 Å². The van der Waals surface area contributed by atoms with Crippen LogP contribution in [0, 0.1) is 11.3 Å². The SMILES string of the molecule is N#CC(C(=O)C(F)(F)F)c1cccc(Br)c1. The largest absolute Gasteiger partial charge is 0.451 e. The highest BCUT2D eigenvalue weighted by atomic mass is 79.9. The van der Waals surface area contributed by atoms with E-state index >= 15 is 0 Å². The lowest BCUT2D eigenvalue weighted by molar-refractivity contribution is -0.171. The number of carbonyl (C=O) groups excluding carboxylic acids is 1. The fraction of sp³-hybridized carbons (Fsp3) is 0.200. The molecule has 1 rings (SSSR count). The lowest BCUT2D eigenvalue weighted by Crippen LogP contribution is -2.28. The number of nitriles is 1. The third-order valence-corrected chi connectivity index (χ3v) is 2.35. The highest BCUT2D eigenvalue weighted by Crippen LogP contribution is 2.28. The van der Waals surface area contributed by atoms with Gasteiger partial charge in [0.2, 0.25) is 0 Å². The molecule has 0 amide bonds. The molecule has 1 aromatic carbocycles. The smallest absolute Gasteiger partial charge is 0.288 e. The lowest BCUT2D eigenvalue weighted by Gasteiger charge is -2.11. The van der Waals surface area contributed by atoms with Crippen molar-refractivity contribution >= 4 is 21.7 Å². The molecule has 0 aliphatic carbocycles. The summed E-state index contributed by atoms with van der Waals surface area (Å²) < 4.78 is 37.0. The first-order chi connectivity index (χ1) is 7.36. The van der Waals surface area contributed by atoms with Gasteiger partial charge in [-0.15, -0.1) is 0 Å². The predicted molar refractivity (Wildman–Crippen MR) is 53.6 cm³/mol. The Morgan fingerprint density at radius 2 is 2.06 bits per heavy atom. The van der Waals surface area contributed by atoms with Crippen LogP contribution in [0.2, 0.25) is 0 Å². The molecule has 0 bridgehead atoms. The number of hydrogen-bond acceptors (Lipinski definition) is 2.